The average Bonchev–Trinajstić information content (AvgIpc) is 3.31. The molecule has 238 valence electrons. The standard InChI is InChI=1S/C32H57NO8/c1-5-8-10-12-14-16-18-29(34)40-25-27(21-30(35)38-20-17-15-13-11-9-6-2)22-31(36)41-28-24-33(23-26(28)4)32(37)39-19-7-3/h26-28H,5-25H2,1-4H3. The second-order valence-corrected chi connectivity index (χ2v) is 11.5. The van der Waals surface area contributed by atoms with Crippen molar-refractivity contribution < 1.29 is 38.1 Å². The Labute approximate surface area is 248 Å². The number of hydrogen-bond donors (Lipinski definition) is 0. The Morgan fingerprint density at radius 3 is 1.93 bits per heavy atom. The highest BCUT2D eigenvalue weighted by molar-refractivity contribution is 5.74. The molecule has 0 radical (unpaired) electrons. The number of carbonyl (C=O) groups excluding carboxylic acids is 4. The first-order chi connectivity index (χ1) is 19.8. The number of hydrogen-bond acceptors (Lipinski definition) is 8. The monoisotopic (exact) mass is 583 g/mol. The zero-order chi connectivity index (χ0) is 30.3. The fourth-order valence-electron chi connectivity index (χ4n) is 4.86. The highest BCUT2D eigenvalue weighted by Gasteiger charge is 2.36. The van der Waals surface area contributed by atoms with Gasteiger partial charge in [-0.15, -0.1) is 0 Å². The minimum absolute atomic E-state index is 0.0229. The zero-order valence-corrected chi connectivity index (χ0v) is 26.3. The summed E-state index contributed by atoms with van der Waals surface area (Å²) in [5, 5.41) is 0. The van der Waals surface area contributed by atoms with Crippen LogP contribution in [0.4, 0.5) is 4.79 Å². The summed E-state index contributed by atoms with van der Waals surface area (Å²) in [6, 6.07) is 0. The fourth-order valence-corrected chi connectivity index (χ4v) is 4.86. The van der Waals surface area contributed by atoms with E-state index in [-0.39, 0.29) is 37.9 Å². The van der Waals surface area contributed by atoms with Crippen molar-refractivity contribution in [1.82, 2.24) is 4.90 Å². The van der Waals surface area contributed by atoms with Gasteiger partial charge in [0, 0.05) is 24.8 Å². The van der Waals surface area contributed by atoms with Gasteiger partial charge in [0.25, 0.3) is 0 Å². The molecule has 1 saturated heterocycles. The van der Waals surface area contributed by atoms with Crippen LogP contribution in [0.5, 0.6) is 0 Å². The van der Waals surface area contributed by atoms with Crippen molar-refractivity contribution in [3.63, 3.8) is 0 Å². The Kier molecular flexibility index (Phi) is 20.8. The first-order valence-electron chi connectivity index (χ1n) is 16.2. The summed E-state index contributed by atoms with van der Waals surface area (Å²) in [7, 11) is 0. The first kappa shape index (κ1) is 36.7. The number of likely N-dealkylation sites (tertiary alicyclic amines) is 1. The van der Waals surface area contributed by atoms with Crippen LogP contribution in [0.3, 0.4) is 0 Å². The second kappa shape index (κ2) is 23.3. The summed E-state index contributed by atoms with van der Waals surface area (Å²) in [5.74, 6) is -1.77. The van der Waals surface area contributed by atoms with E-state index in [0.717, 1.165) is 44.9 Å². The van der Waals surface area contributed by atoms with Gasteiger partial charge in [0.05, 0.1) is 39.2 Å². The predicted molar refractivity (Wildman–Crippen MR) is 158 cm³/mol. The molecule has 1 aliphatic heterocycles. The molecule has 9 nitrogen and oxygen atoms in total. The number of carbonyl (C=O) groups is 4. The third-order valence-electron chi connectivity index (χ3n) is 7.40. The average molecular weight is 584 g/mol. The number of unbranched alkanes of at least 4 members (excludes halogenated alkanes) is 10. The summed E-state index contributed by atoms with van der Waals surface area (Å²) < 4.78 is 21.8. The molecule has 0 N–H and O–H groups in total. The van der Waals surface area contributed by atoms with Crippen molar-refractivity contribution in [3.05, 3.63) is 0 Å². The van der Waals surface area contributed by atoms with Crippen molar-refractivity contribution in [3.8, 4) is 0 Å². The van der Waals surface area contributed by atoms with E-state index in [2.05, 4.69) is 13.8 Å². The topological polar surface area (TPSA) is 108 Å². The maximum atomic E-state index is 12.9. The van der Waals surface area contributed by atoms with Gasteiger partial charge >= 0.3 is 24.0 Å². The summed E-state index contributed by atoms with van der Waals surface area (Å²) in [6.45, 7) is 9.58. The minimum Gasteiger partial charge on any atom is -0.466 e. The lowest BCUT2D eigenvalue weighted by molar-refractivity contribution is -0.156. The van der Waals surface area contributed by atoms with Gasteiger partial charge in [-0.3, -0.25) is 14.4 Å². The Balaban J connectivity index is 2.56. The lowest BCUT2D eigenvalue weighted by atomic mass is 10.0. The van der Waals surface area contributed by atoms with E-state index in [1.807, 2.05) is 13.8 Å². The van der Waals surface area contributed by atoms with E-state index >= 15 is 0 Å². The molecular weight excluding hydrogens is 526 g/mol. The maximum Gasteiger partial charge on any atom is 0.409 e. The van der Waals surface area contributed by atoms with Gasteiger partial charge < -0.3 is 23.8 Å². The highest BCUT2D eigenvalue weighted by Crippen LogP contribution is 2.22. The largest absolute Gasteiger partial charge is 0.466 e. The maximum absolute atomic E-state index is 12.9. The van der Waals surface area contributed by atoms with Gasteiger partial charge in [0.15, 0.2) is 0 Å². The fraction of sp³-hybridized carbons (Fsp3) is 0.875. The molecule has 3 unspecified atom stereocenters. The lowest BCUT2D eigenvalue weighted by Gasteiger charge is -2.19. The molecule has 3 atom stereocenters. The molecule has 1 heterocycles. The van der Waals surface area contributed by atoms with Crippen molar-refractivity contribution in [2.24, 2.45) is 11.8 Å². The van der Waals surface area contributed by atoms with Gasteiger partial charge in [-0.05, 0) is 19.3 Å². The van der Waals surface area contributed by atoms with E-state index in [1.165, 1.54) is 38.5 Å². The minimum atomic E-state index is -0.532. The molecule has 9 heteroatoms. The molecule has 0 saturated carbocycles. The van der Waals surface area contributed by atoms with Crippen molar-refractivity contribution >= 4 is 24.0 Å². The Morgan fingerprint density at radius 1 is 0.659 bits per heavy atom. The SMILES string of the molecule is CCCCCCCCOC(=O)CC(COC(=O)CCCCCCCC)CC(=O)OC1CN(C(=O)OCCC)CC1C. The summed E-state index contributed by atoms with van der Waals surface area (Å²) in [5.41, 5.74) is 0. The lowest BCUT2D eigenvalue weighted by Crippen LogP contribution is -2.32. The number of amides is 1. The van der Waals surface area contributed by atoms with Crippen molar-refractivity contribution in [1.29, 1.82) is 0 Å². The predicted octanol–water partition coefficient (Wildman–Crippen LogP) is 6.99. The van der Waals surface area contributed by atoms with Crippen LogP contribution in [0.15, 0.2) is 0 Å². The first-order valence-corrected chi connectivity index (χ1v) is 16.2. The Hall–Kier alpha value is -2.32. The number of nitrogens with zero attached hydrogens (tertiary/aromatic N) is 1. The van der Waals surface area contributed by atoms with Gasteiger partial charge in [0.2, 0.25) is 0 Å². The third kappa shape index (κ3) is 18.0. The highest BCUT2D eigenvalue weighted by atomic mass is 16.6. The van der Waals surface area contributed by atoms with E-state index in [9.17, 15) is 19.2 Å². The molecular formula is C32H57NO8. The normalized spacial score (nSPS) is 17.2. The summed E-state index contributed by atoms with van der Waals surface area (Å²) in [6.07, 6.45) is 13.1. The number of rotatable bonds is 23. The van der Waals surface area contributed by atoms with Crippen LogP contribution in [0.2, 0.25) is 0 Å². The van der Waals surface area contributed by atoms with Crippen molar-refractivity contribution in [2.45, 2.75) is 137 Å². The molecule has 1 amide bonds. The molecule has 41 heavy (non-hydrogen) atoms. The molecule has 0 aromatic rings. The quantitative estimate of drug-likeness (QED) is 0.0719. The smallest absolute Gasteiger partial charge is 0.409 e. The van der Waals surface area contributed by atoms with Gasteiger partial charge in [-0.1, -0.05) is 91.9 Å². The summed E-state index contributed by atoms with van der Waals surface area (Å²) >= 11 is 0. The molecule has 0 aromatic carbocycles. The second-order valence-electron chi connectivity index (χ2n) is 11.5. The van der Waals surface area contributed by atoms with Gasteiger partial charge in [0.1, 0.15) is 6.10 Å². The zero-order valence-electron chi connectivity index (χ0n) is 26.3. The third-order valence-corrected chi connectivity index (χ3v) is 7.40. The van der Waals surface area contributed by atoms with E-state index < -0.39 is 30.1 Å². The molecule has 0 aliphatic carbocycles. The Bertz CT molecular complexity index is 743. The molecule has 1 aliphatic rings. The molecule has 0 bridgehead atoms. The van der Waals surface area contributed by atoms with Crippen molar-refractivity contribution in [2.75, 3.05) is 32.9 Å². The van der Waals surface area contributed by atoms with Crippen LogP contribution in [0.25, 0.3) is 0 Å². The Morgan fingerprint density at radius 2 is 1.27 bits per heavy atom. The van der Waals surface area contributed by atoms with Crippen LogP contribution in [-0.2, 0) is 33.3 Å². The van der Waals surface area contributed by atoms with E-state index in [0.29, 0.717) is 26.2 Å². The van der Waals surface area contributed by atoms with Crippen LogP contribution < -0.4 is 0 Å². The van der Waals surface area contributed by atoms with Crippen LogP contribution in [0, 0.1) is 11.8 Å². The number of esters is 3. The van der Waals surface area contributed by atoms with Crippen LogP contribution >= 0.6 is 0 Å². The molecule has 0 aromatic heterocycles. The number of ether oxygens (including phenoxy) is 4. The molecule has 1 rings (SSSR count). The van der Waals surface area contributed by atoms with Gasteiger partial charge in [-0.2, -0.15) is 0 Å². The van der Waals surface area contributed by atoms with E-state index in [4.69, 9.17) is 18.9 Å². The van der Waals surface area contributed by atoms with Crippen LogP contribution in [0.1, 0.15) is 130 Å². The van der Waals surface area contributed by atoms with E-state index in [1.54, 1.807) is 4.90 Å². The van der Waals surface area contributed by atoms with Crippen LogP contribution in [-0.4, -0.2) is 67.9 Å². The molecule has 0 spiro atoms. The summed E-state index contributed by atoms with van der Waals surface area (Å²) in [4.78, 5) is 51.5. The van der Waals surface area contributed by atoms with Gasteiger partial charge in [-0.25, -0.2) is 4.79 Å². The molecule has 1 fully saturated rings.